The molecule has 0 aliphatic heterocycles. The first kappa shape index (κ1) is 17.6. The van der Waals surface area contributed by atoms with E-state index in [4.69, 9.17) is 9.26 Å². The maximum atomic E-state index is 13.0. The Kier molecular flexibility index (Phi) is 4.32. The van der Waals surface area contributed by atoms with Crippen LogP contribution in [0.1, 0.15) is 51.0 Å². The fourth-order valence-electron chi connectivity index (χ4n) is 5.47. The van der Waals surface area contributed by atoms with E-state index in [0.29, 0.717) is 36.6 Å². The largest absolute Gasteiger partial charge is 0.465 e. The fraction of sp³-hybridized carbons (Fsp3) is 0.750. The summed E-state index contributed by atoms with van der Waals surface area (Å²) >= 11 is 0. The van der Waals surface area contributed by atoms with Crippen LogP contribution in [0.4, 0.5) is 0 Å². The lowest BCUT2D eigenvalue weighted by Crippen LogP contribution is -2.41. The quantitative estimate of drug-likeness (QED) is 0.789. The summed E-state index contributed by atoms with van der Waals surface area (Å²) in [5.74, 6) is 0.917. The van der Waals surface area contributed by atoms with Gasteiger partial charge in [0, 0.05) is 6.07 Å². The highest BCUT2D eigenvalue weighted by molar-refractivity contribution is 5.87. The number of aromatic nitrogens is 1. The number of amides is 1. The fourth-order valence-corrected chi connectivity index (χ4v) is 5.47. The van der Waals surface area contributed by atoms with Gasteiger partial charge in [-0.05, 0) is 55.8 Å². The number of nitrogens with one attached hydrogen (secondary N) is 1. The van der Waals surface area contributed by atoms with Crippen LogP contribution in [0.2, 0.25) is 0 Å². The van der Waals surface area contributed by atoms with E-state index in [1.54, 1.807) is 0 Å². The molecule has 4 atom stereocenters. The van der Waals surface area contributed by atoms with Crippen molar-refractivity contribution in [3.05, 3.63) is 17.5 Å². The highest BCUT2D eigenvalue weighted by Crippen LogP contribution is 2.74. The first-order valence-electron chi connectivity index (χ1n) is 9.79. The first-order valence-corrected chi connectivity index (χ1v) is 9.79. The molecule has 1 N–H and O–H groups in total. The molecule has 6 nitrogen and oxygen atoms in total. The molecule has 1 spiro atoms. The summed E-state index contributed by atoms with van der Waals surface area (Å²) in [5, 5.41) is 6.91. The number of ether oxygens (including phenoxy) is 1. The summed E-state index contributed by atoms with van der Waals surface area (Å²) < 4.78 is 10.6. The van der Waals surface area contributed by atoms with E-state index in [1.807, 2.05) is 26.8 Å². The molecule has 3 saturated carbocycles. The summed E-state index contributed by atoms with van der Waals surface area (Å²) in [6.45, 7) is 6.64. The van der Waals surface area contributed by atoms with E-state index in [2.05, 4.69) is 10.5 Å². The highest BCUT2D eigenvalue weighted by Gasteiger charge is 2.71. The van der Waals surface area contributed by atoms with Crippen LogP contribution >= 0.6 is 0 Å². The number of rotatable bonds is 6. The Morgan fingerprint density at radius 2 is 2.00 bits per heavy atom. The molecule has 1 heterocycles. The van der Waals surface area contributed by atoms with Gasteiger partial charge in [0.2, 0.25) is 5.91 Å². The molecule has 3 aliphatic rings. The summed E-state index contributed by atoms with van der Waals surface area (Å²) in [6.07, 6.45) is 4.42. The molecule has 0 unspecified atom stereocenters. The zero-order chi connectivity index (χ0) is 18.5. The Bertz CT molecular complexity index is 706. The SMILES string of the molecule is Cc1cc(CNC(=O)[C@H]2[C@H](C(=O)OCC(C)C)[C@H]3CC[C@@H]2C32CC2)no1. The van der Waals surface area contributed by atoms with Crippen LogP contribution in [0.3, 0.4) is 0 Å². The average Bonchev–Trinajstić information content (AvgIpc) is 3.09. The second kappa shape index (κ2) is 6.39. The minimum Gasteiger partial charge on any atom is -0.465 e. The smallest absolute Gasteiger partial charge is 0.310 e. The molecule has 6 heteroatoms. The maximum Gasteiger partial charge on any atom is 0.310 e. The Labute approximate surface area is 154 Å². The second-order valence-electron chi connectivity index (χ2n) is 8.75. The molecule has 4 rings (SSSR count). The van der Waals surface area contributed by atoms with Crippen molar-refractivity contribution in [3.8, 4) is 0 Å². The third-order valence-corrected chi connectivity index (χ3v) is 6.60. The van der Waals surface area contributed by atoms with E-state index < -0.39 is 0 Å². The van der Waals surface area contributed by atoms with Gasteiger partial charge in [0.15, 0.2) is 0 Å². The normalized spacial score (nSPS) is 30.8. The Hall–Kier alpha value is -1.85. The van der Waals surface area contributed by atoms with E-state index >= 15 is 0 Å². The number of esters is 1. The monoisotopic (exact) mass is 360 g/mol. The van der Waals surface area contributed by atoms with Crippen molar-refractivity contribution in [1.82, 2.24) is 10.5 Å². The number of carbonyl (C=O) groups excluding carboxylic acids is 2. The van der Waals surface area contributed by atoms with Gasteiger partial charge >= 0.3 is 5.97 Å². The van der Waals surface area contributed by atoms with Crippen molar-refractivity contribution in [2.75, 3.05) is 6.61 Å². The van der Waals surface area contributed by atoms with Gasteiger partial charge in [-0.2, -0.15) is 0 Å². The van der Waals surface area contributed by atoms with Gasteiger partial charge in [0.05, 0.1) is 25.0 Å². The number of hydrogen-bond donors (Lipinski definition) is 1. The van der Waals surface area contributed by atoms with Crippen molar-refractivity contribution in [2.24, 2.45) is 35.0 Å². The lowest BCUT2D eigenvalue weighted by molar-refractivity contribution is -0.156. The lowest BCUT2D eigenvalue weighted by Gasteiger charge is -2.28. The van der Waals surface area contributed by atoms with Crippen LogP contribution in [-0.4, -0.2) is 23.6 Å². The van der Waals surface area contributed by atoms with Gasteiger partial charge in [-0.1, -0.05) is 19.0 Å². The molecule has 1 aromatic heterocycles. The molecule has 1 amide bonds. The van der Waals surface area contributed by atoms with Crippen LogP contribution < -0.4 is 5.32 Å². The number of carbonyl (C=O) groups is 2. The Morgan fingerprint density at radius 3 is 2.58 bits per heavy atom. The molecule has 142 valence electrons. The van der Waals surface area contributed by atoms with Crippen LogP contribution in [0.25, 0.3) is 0 Å². The molecule has 1 aromatic rings. The van der Waals surface area contributed by atoms with Crippen molar-refractivity contribution in [1.29, 1.82) is 0 Å². The third kappa shape index (κ3) is 2.83. The van der Waals surface area contributed by atoms with E-state index in [-0.39, 0.29) is 29.1 Å². The standard InChI is InChI=1S/C20H28N2O4/c1-11(2)10-25-19(24)17-15-5-4-14(20(15)6-7-20)16(17)18(23)21-9-13-8-12(3)26-22-13/h8,11,14-17H,4-7,9-10H2,1-3H3,(H,21,23)/t14-,15+,16+,17+/m0/s1. The first-order chi connectivity index (χ1) is 12.4. The van der Waals surface area contributed by atoms with E-state index in [1.165, 1.54) is 0 Å². The van der Waals surface area contributed by atoms with Crippen LogP contribution in [-0.2, 0) is 20.9 Å². The molecule has 0 saturated heterocycles. The predicted octanol–water partition coefficient (Wildman–Crippen LogP) is 2.85. The van der Waals surface area contributed by atoms with Gasteiger partial charge in [-0.3, -0.25) is 9.59 Å². The average molecular weight is 360 g/mol. The van der Waals surface area contributed by atoms with Gasteiger partial charge < -0.3 is 14.6 Å². The molecule has 26 heavy (non-hydrogen) atoms. The van der Waals surface area contributed by atoms with Gasteiger partial charge in [-0.15, -0.1) is 0 Å². The van der Waals surface area contributed by atoms with Crippen molar-refractivity contribution in [3.63, 3.8) is 0 Å². The van der Waals surface area contributed by atoms with E-state index in [0.717, 1.165) is 31.4 Å². The highest BCUT2D eigenvalue weighted by atomic mass is 16.5. The molecule has 3 aliphatic carbocycles. The Balaban J connectivity index is 1.48. The lowest BCUT2D eigenvalue weighted by atomic mass is 9.78. The molecule has 0 radical (unpaired) electrons. The summed E-state index contributed by atoms with van der Waals surface area (Å²) in [5.41, 5.74) is 0.938. The van der Waals surface area contributed by atoms with Crippen LogP contribution in [0.5, 0.6) is 0 Å². The maximum absolute atomic E-state index is 13.0. The van der Waals surface area contributed by atoms with E-state index in [9.17, 15) is 9.59 Å². The summed E-state index contributed by atoms with van der Waals surface area (Å²) in [6, 6.07) is 1.82. The summed E-state index contributed by atoms with van der Waals surface area (Å²) in [7, 11) is 0. The molecule has 2 bridgehead atoms. The number of hydrogen-bond acceptors (Lipinski definition) is 5. The van der Waals surface area contributed by atoms with Crippen molar-refractivity contribution in [2.45, 2.75) is 53.0 Å². The van der Waals surface area contributed by atoms with Crippen LogP contribution in [0, 0.1) is 41.9 Å². The van der Waals surface area contributed by atoms with Gasteiger partial charge in [-0.25, -0.2) is 0 Å². The van der Waals surface area contributed by atoms with Crippen molar-refractivity contribution < 1.29 is 18.8 Å². The number of aryl methyl sites for hydroxylation is 1. The summed E-state index contributed by atoms with van der Waals surface area (Å²) in [4.78, 5) is 25.8. The number of nitrogens with zero attached hydrogens (tertiary/aromatic N) is 1. The van der Waals surface area contributed by atoms with Crippen LogP contribution in [0.15, 0.2) is 10.6 Å². The molecule has 0 aromatic carbocycles. The topological polar surface area (TPSA) is 81.4 Å². The zero-order valence-corrected chi connectivity index (χ0v) is 15.8. The zero-order valence-electron chi connectivity index (χ0n) is 15.8. The third-order valence-electron chi connectivity index (χ3n) is 6.60. The minimum atomic E-state index is -0.283. The Morgan fingerprint density at radius 1 is 1.31 bits per heavy atom. The minimum absolute atomic E-state index is 0.0318. The predicted molar refractivity (Wildman–Crippen MR) is 93.7 cm³/mol. The molecular weight excluding hydrogens is 332 g/mol. The van der Waals surface area contributed by atoms with Gasteiger partial charge in [0.25, 0.3) is 0 Å². The van der Waals surface area contributed by atoms with Crippen molar-refractivity contribution >= 4 is 11.9 Å². The van der Waals surface area contributed by atoms with Gasteiger partial charge in [0.1, 0.15) is 11.5 Å². The molecular formula is C20H28N2O4. The molecule has 3 fully saturated rings. The second-order valence-corrected chi connectivity index (χ2v) is 8.75.